The highest BCUT2D eigenvalue weighted by molar-refractivity contribution is 7.99. The van der Waals surface area contributed by atoms with E-state index in [2.05, 4.69) is 9.97 Å². The van der Waals surface area contributed by atoms with Gasteiger partial charge in [0.05, 0.1) is 0 Å². The number of hydrogen-bond acceptors (Lipinski definition) is 4. The Kier molecular flexibility index (Phi) is 3.71. The van der Waals surface area contributed by atoms with Gasteiger partial charge in [0, 0.05) is 17.1 Å². The molecule has 0 aliphatic carbocycles. The minimum absolute atomic E-state index is 0.164. The number of hydrogen-bond donors (Lipinski definition) is 1. The van der Waals surface area contributed by atoms with Crippen molar-refractivity contribution < 1.29 is 4.39 Å². The van der Waals surface area contributed by atoms with Crippen molar-refractivity contribution in [3.8, 4) is 0 Å². The maximum absolute atomic E-state index is 13.8. The fourth-order valence-corrected chi connectivity index (χ4v) is 2.08. The zero-order valence-electron chi connectivity index (χ0n) is 9.30. The van der Waals surface area contributed by atoms with Gasteiger partial charge in [0.1, 0.15) is 17.2 Å². The van der Waals surface area contributed by atoms with Crippen LogP contribution in [-0.4, -0.2) is 9.97 Å². The molecule has 3 nitrogen and oxygen atoms in total. The number of rotatable bonds is 3. The van der Waals surface area contributed by atoms with Gasteiger partial charge in [0.25, 0.3) is 0 Å². The van der Waals surface area contributed by atoms with Crippen molar-refractivity contribution in [2.45, 2.75) is 22.9 Å². The monoisotopic (exact) mass is 249 g/mol. The fraction of sp³-hybridized carbons (Fsp3) is 0.167. The Balaban J connectivity index is 2.23. The second-order valence-corrected chi connectivity index (χ2v) is 4.69. The summed E-state index contributed by atoms with van der Waals surface area (Å²) in [4.78, 5) is 8.38. The lowest BCUT2D eigenvalue weighted by atomic mass is 10.1. The van der Waals surface area contributed by atoms with Gasteiger partial charge in [-0.1, -0.05) is 17.8 Å². The van der Waals surface area contributed by atoms with E-state index in [1.807, 2.05) is 13.0 Å². The van der Waals surface area contributed by atoms with Crippen LogP contribution >= 0.6 is 11.8 Å². The van der Waals surface area contributed by atoms with Gasteiger partial charge in [-0.3, -0.25) is 0 Å². The van der Waals surface area contributed by atoms with E-state index in [1.54, 1.807) is 18.3 Å². The van der Waals surface area contributed by atoms with E-state index in [9.17, 15) is 4.39 Å². The molecule has 1 unspecified atom stereocenters. The predicted molar refractivity (Wildman–Crippen MR) is 65.2 cm³/mol. The summed E-state index contributed by atoms with van der Waals surface area (Å²) in [6.07, 6.45) is 3.07. The second kappa shape index (κ2) is 5.25. The third kappa shape index (κ3) is 3.01. The molecule has 0 aliphatic heterocycles. The van der Waals surface area contributed by atoms with E-state index in [-0.39, 0.29) is 11.9 Å². The highest BCUT2D eigenvalue weighted by Crippen LogP contribution is 2.29. The summed E-state index contributed by atoms with van der Waals surface area (Å²) in [5.74, 6) is -0.275. The minimum Gasteiger partial charge on any atom is -0.324 e. The van der Waals surface area contributed by atoms with Gasteiger partial charge in [-0.2, -0.15) is 0 Å². The summed E-state index contributed by atoms with van der Waals surface area (Å²) in [6, 6.07) is 6.60. The lowest BCUT2D eigenvalue weighted by molar-refractivity contribution is 0.596. The van der Waals surface area contributed by atoms with Gasteiger partial charge in [0.2, 0.25) is 0 Å². The molecule has 1 aromatic heterocycles. The van der Waals surface area contributed by atoms with Crippen LogP contribution in [0.4, 0.5) is 4.39 Å². The van der Waals surface area contributed by atoms with E-state index >= 15 is 0 Å². The van der Waals surface area contributed by atoms with Crippen molar-refractivity contribution >= 4 is 11.8 Å². The number of nitrogens with two attached hydrogens (primary N) is 1. The molecule has 0 aliphatic rings. The summed E-state index contributed by atoms with van der Waals surface area (Å²) in [5.41, 5.74) is 6.48. The molecular weight excluding hydrogens is 237 g/mol. The van der Waals surface area contributed by atoms with Crippen molar-refractivity contribution in [2.24, 2.45) is 5.73 Å². The van der Waals surface area contributed by atoms with Gasteiger partial charge in [-0.15, -0.1) is 0 Å². The third-order valence-electron chi connectivity index (χ3n) is 2.25. The van der Waals surface area contributed by atoms with Crippen LogP contribution < -0.4 is 5.73 Å². The maximum Gasteiger partial charge on any atom is 0.137 e. The summed E-state index contributed by atoms with van der Waals surface area (Å²) in [6.45, 7) is 1.83. The number of nitrogens with zero attached hydrogens (tertiary/aromatic N) is 2. The molecule has 2 N–H and O–H groups in total. The molecule has 0 radical (unpaired) electrons. The molecule has 1 atom stereocenters. The van der Waals surface area contributed by atoms with Crippen molar-refractivity contribution in [1.29, 1.82) is 0 Å². The molecule has 5 heteroatoms. The Labute approximate surface area is 103 Å². The van der Waals surface area contributed by atoms with Crippen molar-refractivity contribution in [3.63, 3.8) is 0 Å². The van der Waals surface area contributed by atoms with Crippen LogP contribution in [-0.2, 0) is 0 Å². The standard InChI is InChI=1S/C12H12FN3S/c1-8(14)9-2-3-11(10(13)6-9)17-12-4-5-15-7-16-12/h2-8H,14H2,1H3. The molecule has 0 spiro atoms. The Bertz CT molecular complexity index is 502. The molecule has 0 fully saturated rings. The van der Waals surface area contributed by atoms with Crippen LogP contribution in [0.1, 0.15) is 18.5 Å². The zero-order valence-corrected chi connectivity index (χ0v) is 10.1. The molecule has 2 aromatic rings. The Morgan fingerprint density at radius 1 is 1.35 bits per heavy atom. The number of aromatic nitrogens is 2. The quantitative estimate of drug-likeness (QED) is 0.850. The highest BCUT2D eigenvalue weighted by Gasteiger charge is 2.08. The lowest BCUT2D eigenvalue weighted by Gasteiger charge is -2.08. The first-order chi connectivity index (χ1) is 8.16. The predicted octanol–water partition coefficient (Wildman–Crippen LogP) is 2.79. The van der Waals surface area contributed by atoms with E-state index in [0.717, 1.165) is 5.56 Å². The van der Waals surface area contributed by atoms with E-state index in [1.165, 1.54) is 24.2 Å². The van der Waals surface area contributed by atoms with Crippen LogP contribution in [0.15, 0.2) is 46.7 Å². The molecular formula is C12H12FN3S. The molecule has 2 rings (SSSR count). The Morgan fingerprint density at radius 3 is 2.76 bits per heavy atom. The van der Waals surface area contributed by atoms with E-state index in [4.69, 9.17) is 5.73 Å². The van der Waals surface area contributed by atoms with Crippen LogP contribution in [0.5, 0.6) is 0 Å². The van der Waals surface area contributed by atoms with Gasteiger partial charge in [0.15, 0.2) is 0 Å². The normalized spacial score (nSPS) is 12.4. The number of benzene rings is 1. The van der Waals surface area contributed by atoms with Gasteiger partial charge in [-0.25, -0.2) is 14.4 Å². The third-order valence-corrected chi connectivity index (χ3v) is 3.25. The SMILES string of the molecule is CC(N)c1ccc(Sc2ccncn2)c(F)c1. The fourth-order valence-electron chi connectivity index (χ4n) is 1.33. The minimum atomic E-state index is -0.275. The average Bonchev–Trinajstić information content (AvgIpc) is 2.33. The highest BCUT2D eigenvalue weighted by atomic mass is 32.2. The summed E-state index contributed by atoms with van der Waals surface area (Å²) in [7, 11) is 0. The van der Waals surface area contributed by atoms with Gasteiger partial charge in [-0.05, 0) is 30.7 Å². The van der Waals surface area contributed by atoms with Crippen molar-refractivity contribution in [3.05, 3.63) is 48.2 Å². The molecule has 1 heterocycles. The second-order valence-electron chi connectivity index (χ2n) is 3.63. The first kappa shape index (κ1) is 12.0. The molecule has 0 saturated carbocycles. The van der Waals surface area contributed by atoms with Crippen LogP contribution in [0, 0.1) is 5.82 Å². The largest absolute Gasteiger partial charge is 0.324 e. The smallest absolute Gasteiger partial charge is 0.137 e. The molecule has 0 saturated heterocycles. The topological polar surface area (TPSA) is 51.8 Å². The molecule has 88 valence electrons. The average molecular weight is 249 g/mol. The molecule has 1 aromatic carbocycles. The molecule has 0 amide bonds. The van der Waals surface area contributed by atoms with Crippen molar-refractivity contribution in [1.82, 2.24) is 9.97 Å². The van der Waals surface area contributed by atoms with Crippen LogP contribution in [0.25, 0.3) is 0 Å². The Hall–Kier alpha value is -1.46. The van der Waals surface area contributed by atoms with Gasteiger partial charge < -0.3 is 5.73 Å². The zero-order chi connectivity index (χ0) is 12.3. The molecule has 0 bridgehead atoms. The van der Waals surface area contributed by atoms with E-state index in [0.29, 0.717) is 9.92 Å². The summed E-state index contributed by atoms with van der Waals surface area (Å²) >= 11 is 1.27. The summed E-state index contributed by atoms with van der Waals surface area (Å²) < 4.78 is 13.8. The molecule has 17 heavy (non-hydrogen) atoms. The Morgan fingerprint density at radius 2 is 2.18 bits per heavy atom. The maximum atomic E-state index is 13.8. The van der Waals surface area contributed by atoms with Crippen LogP contribution in [0.2, 0.25) is 0 Å². The summed E-state index contributed by atoms with van der Waals surface area (Å²) in [5, 5.41) is 0.715. The first-order valence-corrected chi connectivity index (χ1v) is 5.97. The number of halogens is 1. The van der Waals surface area contributed by atoms with E-state index < -0.39 is 0 Å². The van der Waals surface area contributed by atoms with Gasteiger partial charge >= 0.3 is 0 Å². The van der Waals surface area contributed by atoms with Crippen LogP contribution in [0.3, 0.4) is 0 Å². The lowest BCUT2D eigenvalue weighted by Crippen LogP contribution is -2.05. The van der Waals surface area contributed by atoms with Crippen molar-refractivity contribution in [2.75, 3.05) is 0 Å². The first-order valence-electron chi connectivity index (χ1n) is 5.15.